The van der Waals surface area contributed by atoms with Crippen molar-refractivity contribution in [2.45, 2.75) is 59.1 Å². The van der Waals surface area contributed by atoms with Gasteiger partial charge >= 0.3 is 12.1 Å². The Morgan fingerprint density at radius 1 is 1.29 bits per heavy atom. The molecule has 0 saturated carbocycles. The summed E-state index contributed by atoms with van der Waals surface area (Å²) < 4.78 is 10.4. The molecule has 0 aromatic carbocycles. The number of ether oxygens (including phenoxy) is 2. The van der Waals surface area contributed by atoms with Crippen molar-refractivity contribution in [3.63, 3.8) is 0 Å². The minimum absolute atomic E-state index is 0.169. The van der Waals surface area contributed by atoms with E-state index in [1.807, 2.05) is 40.7 Å². The second kappa shape index (κ2) is 9.33. The first-order chi connectivity index (χ1) is 13.1. The van der Waals surface area contributed by atoms with E-state index in [9.17, 15) is 9.59 Å². The standard InChI is InChI=1S/C21H30N2O4S/c1-14(2)7-8-16-13-17(18(28-16)19(24)26-6)22-15-9-11-23(12-10-15)20(25)27-21(3,4)5/h13-15,22H,9-12H2,1-6H3. The minimum Gasteiger partial charge on any atom is -0.465 e. The molecule has 1 saturated heterocycles. The van der Waals surface area contributed by atoms with Gasteiger partial charge in [0.2, 0.25) is 0 Å². The smallest absolute Gasteiger partial charge is 0.410 e. The van der Waals surface area contributed by atoms with Crippen LogP contribution < -0.4 is 5.32 Å². The number of carbonyl (C=O) groups is 2. The van der Waals surface area contributed by atoms with Crippen molar-refractivity contribution in [2.24, 2.45) is 5.92 Å². The lowest BCUT2D eigenvalue weighted by Gasteiger charge is -2.34. The molecule has 1 fully saturated rings. The van der Waals surface area contributed by atoms with Gasteiger partial charge in [0.1, 0.15) is 10.5 Å². The van der Waals surface area contributed by atoms with E-state index >= 15 is 0 Å². The average molecular weight is 407 g/mol. The van der Waals surface area contributed by atoms with Gasteiger partial charge in [-0.1, -0.05) is 25.7 Å². The zero-order chi connectivity index (χ0) is 20.9. The summed E-state index contributed by atoms with van der Waals surface area (Å²) in [6.45, 7) is 10.9. The number of nitrogens with one attached hydrogen (secondary N) is 1. The summed E-state index contributed by atoms with van der Waals surface area (Å²) in [5.41, 5.74) is 0.256. The first-order valence-corrected chi connectivity index (χ1v) is 10.4. The van der Waals surface area contributed by atoms with E-state index in [1.165, 1.54) is 18.4 Å². The molecule has 1 N–H and O–H groups in total. The summed E-state index contributed by atoms with van der Waals surface area (Å²) in [6, 6.07) is 2.08. The number of thiophene rings is 1. The molecule has 154 valence electrons. The molecule has 2 heterocycles. The van der Waals surface area contributed by atoms with Gasteiger partial charge in [0, 0.05) is 25.0 Å². The number of hydrogen-bond acceptors (Lipinski definition) is 6. The third kappa shape index (κ3) is 6.45. The highest BCUT2D eigenvalue weighted by molar-refractivity contribution is 7.15. The Kier molecular flexibility index (Phi) is 7.36. The van der Waals surface area contributed by atoms with Crippen molar-refractivity contribution < 1.29 is 19.1 Å². The maximum atomic E-state index is 12.2. The van der Waals surface area contributed by atoms with E-state index in [0.29, 0.717) is 18.0 Å². The highest BCUT2D eigenvalue weighted by atomic mass is 32.1. The quantitative estimate of drug-likeness (QED) is 0.597. The topological polar surface area (TPSA) is 67.9 Å². The number of rotatable bonds is 3. The van der Waals surface area contributed by atoms with Crippen LogP contribution in [0.4, 0.5) is 10.5 Å². The lowest BCUT2D eigenvalue weighted by molar-refractivity contribution is 0.0210. The number of esters is 1. The van der Waals surface area contributed by atoms with Crippen LogP contribution >= 0.6 is 11.3 Å². The minimum atomic E-state index is -0.494. The van der Waals surface area contributed by atoms with E-state index in [1.54, 1.807) is 4.90 Å². The first kappa shape index (κ1) is 22.1. The Bertz CT molecular complexity index is 760. The fourth-order valence-electron chi connectivity index (χ4n) is 2.77. The zero-order valence-corrected chi connectivity index (χ0v) is 18.4. The monoisotopic (exact) mass is 406 g/mol. The lowest BCUT2D eigenvalue weighted by Crippen LogP contribution is -2.44. The predicted molar refractivity (Wildman–Crippen MR) is 112 cm³/mol. The van der Waals surface area contributed by atoms with Crippen LogP contribution in [0, 0.1) is 17.8 Å². The number of piperidine rings is 1. The summed E-state index contributed by atoms with van der Waals surface area (Å²) in [6.07, 6.45) is 1.29. The zero-order valence-electron chi connectivity index (χ0n) is 17.5. The maximum Gasteiger partial charge on any atom is 0.410 e. The molecule has 1 aliphatic heterocycles. The summed E-state index contributed by atoms with van der Waals surface area (Å²) in [7, 11) is 1.38. The SMILES string of the molecule is COC(=O)c1sc(C#CC(C)C)cc1NC1CCN(C(=O)OC(C)(C)C)CC1. The van der Waals surface area contributed by atoms with Crippen LogP contribution in [0.3, 0.4) is 0 Å². The van der Waals surface area contributed by atoms with Crippen molar-refractivity contribution >= 4 is 29.1 Å². The lowest BCUT2D eigenvalue weighted by atomic mass is 10.0. The Morgan fingerprint density at radius 2 is 1.93 bits per heavy atom. The van der Waals surface area contributed by atoms with Crippen molar-refractivity contribution in [1.82, 2.24) is 4.90 Å². The van der Waals surface area contributed by atoms with Gasteiger partial charge in [0.15, 0.2) is 0 Å². The second-order valence-corrected chi connectivity index (χ2v) is 9.21. The van der Waals surface area contributed by atoms with Crippen LogP contribution in [0.25, 0.3) is 0 Å². The van der Waals surface area contributed by atoms with Crippen LogP contribution in [-0.2, 0) is 9.47 Å². The van der Waals surface area contributed by atoms with Gasteiger partial charge in [0.05, 0.1) is 17.7 Å². The van der Waals surface area contributed by atoms with Crippen molar-refractivity contribution in [3.05, 3.63) is 15.8 Å². The van der Waals surface area contributed by atoms with Gasteiger partial charge in [-0.2, -0.15) is 0 Å². The van der Waals surface area contributed by atoms with E-state index in [2.05, 4.69) is 17.2 Å². The van der Waals surface area contributed by atoms with Crippen LogP contribution in [0.5, 0.6) is 0 Å². The molecular formula is C21H30N2O4S. The molecule has 1 aromatic rings. The number of anilines is 1. The van der Waals surface area contributed by atoms with Gasteiger partial charge in [-0.3, -0.25) is 0 Å². The molecule has 0 spiro atoms. The molecule has 2 rings (SSSR count). The third-order valence-corrected chi connectivity index (χ3v) is 5.12. The van der Waals surface area contributed by atoms with E-state index in [-0.39, 0.29) is 24.0 Å². The van der Waals surface area contributed by atoms with E-state index in [4.69, 9.17) is 9.47 Å². The predicted octanol–water partition coefficient (Wildman–Crippen LogP) is 4.35. The fraction of sp³-hybridized carbons (Fsp3) is 0.619. The van der Waals surface area contributed by atoms with E-state index < -0.39 is 5.60 Å². The molecule has 0 bridgehead atoms. The molecule has 0 aliphatic carbocycles. The second-order valence-electron chi connectivity index (χ2n) is 8.16. The highest BCUT2D eigenvalue weighted by Gasteiger charge is 2.28. The molecule has 6 nitrogen and oxygen atoms in total. The van der Waals surface area contributed by atoms with E-state index in [0.717, 1.165) is 23.4 Å². The highest BCUT2D eigenvalue weighted by Crippen LogP contribution is 2.30. The van der Waals surface area contributed by atoms with Gasteiger partial charge in [-0.15, -0.1) is 11.3 Å². The average Bonchev–Trinajstić information content (AvgIpc) is 3.01. The number of likely N-dealkylation sites (tertiary alicyclic amines) is 1. The summed E-state index contributed by atoms with van der Waals surface area (Å²) in [5.74, 6) is 6.14. The third-order valence-electron chi connectivity index (χ3n) is 4.09. The number of methoxy groups -OCH3 is 1. The van der Waals surface area contributed by atoms with Gasteiger partial charge in [0.25, 0.3) is 0 Å². The molecule has 28 heavy (non-hydrogen) atoms. The van der Waals surface area contributed by atoms with Crippen LogP contribution in [0.15, 0.2) is 6.07 Å². The number of nitrogens with zero attached hydrogens (tertiary/aromatic N) is 1. The molecule has 7 heteroatoms. The number of carbonyl (C=O) groups excluding carboxylic acids is 2. The van der Waals surface area contributed by atoms with Gasteiger partial charge < -0.3 is 19.7 Å². The van der Waals surface area contributed by atoms with Crippen LogP contribution in [0.1, 0.15) is 62.0 Å². The number of hydrogen-bond donors (Lipinski definition) is 1. The normalized spacial score (nSPS) is 15.0. The summed E-state index contributed by atoms with van der Waals surface area (Å²) in [5, 5.41) is 3.44. The Balaban J connectivity index is 2.03. The Hall–Kier alpha value is -2.20. The fourth-order valence-corrected chi connectivity index (χ4v) is 3.67. The molecule has 0 radical (unpaired) electrons. The Morgan fingerprint density at radius 3 is 2.46 bits per heavy atom. The molecular weight excluding hydrogens is 376 g/mol. The van der Waals surface area contributed by atoms with Crippen molar-refractivity contribution in [2.75, 3.05) is 25.5 Å². The molecule has 0 unspecified atom stereocenters. The van der Waals surface area contributed by atoms with Gasteiger partial charge in [-0.05, 0) is 39.7 Å². The van der Waals surface area contributed by atoms with Gasteiger partial charge in [-0.25, -0.2) is 9.59 Å². The van der Waals surface area contributed by atoms with Crippen LogP contribution in [0.2, 0.25) is 0 Å². The molecule has 0 atom stereocenters. The Labute approximate surface area is 171 Å². The first-order valence-electron chi connectivity index (χ1n) is 9.57. The van der Waals surface area contributed by atoms with Crippen LogP contribution in [-0.4, -0.2) is 48.8 Å². The summed E-state index contributed by atoms with van der Waals surface area (Å²) in [4.78, 5) is 27.4. The molecule has 1 amide bonds. The molecule has 1 aromatic heterocycles. The maximum absolute atomic E-state index is 12.2. The molecule has 1 aliphatic rings. The largest absolute Gasteiger partial charge is 0.465 e. The van der Waals surface area contributed by atoms with Crippen molar-refractivity contribution in [3.8, 4) is 11.8 Å². The summed E-state index contributed by atoms with van der Waals surface area (Å²) >= 11 is 1.34. The van der Waals surface area contributed by atoms with Crippen molar-refractivity contribution in [1.29, 1.82) is 0 Å². The number of amides is 1.